The van der Waals surface area contributed by atoms with Gasteiger partial charge in [0.1, 0.15) is 11.5 Å². The molecule has 1 aliphatic carbocycles. The third-order valence-electron chi connectivity index (χ3n) is 5.01. The molecule has 0 radical (unpaired) electrons. The largest absolute Gasteiger partial charge is 0.506 e. The highest BCUT2D eigenvalue weighted by Gasteiger charge is 2.34. The monoisotopic (exact) mass is 440 g/mol. The molecule has 0 bridgehead atoms. The molecular weight excluding hydrogens is 415 g/mol. The smallest absolute Gasteiger partial charge is 0.134 e. The summed E-state index contributed by atoms with van der Waals surface area (Å²) < 4.78 is 6.14. The molecule has 1 saturated carbocycles. The number of phenolic OH excluding ortho intramolecular Hbond substituents is 1. The second-order valence-corrected chi connectivity index (χ2v) is 7.18. The van der Waals surface area contributed by atoms with Gasteiger partial charge in [-0.05, 0) is 46.8 Å². The van der Waals surface area contributed by atoms with Crippen molar-refractivity contribution in [2.75, 3.05) is 33.3 Å². The molecule has 3 rings (SSSR count). The molecule has 0 unspecified atom stereocenters. The lowest BCUT2D eigenvalue weighted by molar-refractivity contribution is 0.123. The van der Waals surface area contributed by atoms with E-state index in [1.807, 2.05) is 12.1 Å². The zero-order valence-electron chi connectivity index (χ0n) is 14.0. The van der Waals surface area contributed by atoms with Gasteiger partial charge in [0.2, 0.25) is 0 Å². The Morgan fingerprint density at radius 2 is 1.83 bits per heavy atom. The molecule has 1 aromatic rings. The summed E-state index contributed by atoms with van der Waals surface area (Å²) in [7, 11) is 1.68. The number of aromatic hydroxyl groups is 1. The Bertz CT molecular complexity index is 522. The van der Waals surface area contributed by atoms with Gasteiger partial charge in [0.25, 0.3) is 0 Å². The van der Waals surface area contributed by atoms with Crippen LogP contribution in [-0.4, -0.2) is 43.3 Å². The third-order valence-corrected chi connectivity index (χ3v) is 5.62. The van der Waals surface area contributed by atoms with Crippen LogP contribution in [0.3, 0.4) is 0 Å². The first kappa shape index (κ1) is 21.8. The fourth-order valence-electron chi connectivity index (χ4n) is 3.92. The summed E-state index contributed by atoms with van der Waals surface area (Å²) in [5.74, 6) is 1.80. The number of nitrogens with zero attached hydrogens (tertiary/aromatic N) is 1. The van der Waals surface area contributed by atoms with Crippen LogP contribution in [0.2, 0.25) is 0 Å². The van der Waals surface area contributed by atoms with Gasteiger partial charge in [-0.3, -0.25) is 4.90 Å². The molecule has 1 aromatic carbocycles. The van der Waals surface area contributed by atoms with Crippen molar-refractivity contribution in [3.8, 4) is 11.5 Å². The number of hydrogen-bond donors (Lipinski definition) is 2. The summed E-state index contributed by atoms with van der Waals surface area (Å²) in [6, 6.07) is 4.14. The molecule has 4 nitrogen and oxygen atoms in total. The van der Waals surface area contributed by atoms with Crippen molar-refractivity contribution in [3.63, 3.8) is 0 Å². The van der Waals surface area contributed by atoms with E-state index in [0.717, 1.165) is 42.0 Å². The topological polar surface area (TPSA) is 44.7 Å². The molecule has 1 aliphatic heterocycles. The van der Waals surface area contributed by atoms with Crippen LogP contribution >= 0.6 is 40.7 Å². The zero-order valence-corrected chi connectivity index (χ0v) is 17.2. The molecule has 0 spiro atoms. The fraction of sp³-hybridized carbons (Fsp3) is 0.647. The van der Waals surface area contributed by atoms with Gasteiger partial charge in [0, 0.05) is 37.8 Å². The Balaban J connectivity index is 0.00000144. The number of nitrogens with one attached hydrogen (secondary N) is 1. The number of rotatable bonds is 4. The summed E-state index contributed by atoms with van der Waals surface area (Å²) in [6.07, 6.45) is 5.12. The Hall–Kier alpha value is -0.200. The summed E-state index contributed by atoms with van der Waals surface area (Å²) >= 11 is 3.48. The van der Waals surface area contributed by atoms with Gasteiger partial charge in [-0.15, -0.1) is 24.8 Å². The first-order chi connectivity index (χ1) is 10.7. The van der Waals surface area contributed by atoms with Crippen molar-refractivity contribution >= 4 is 40.7 Å². The van der Waals surface area contributed by atoms with Gasteiger partial charge in [0.15, 0.2) is 0 Å². The molecule has 7 heteroatoms. The standard InChI is InChI=1S/C17H25BrN2O2.2ClH/c1-22-13-10-14(17(21)15(18)11-13)16(12-4-2-3-5-12)20-8-6-19-7-9-20;;/h10-12,16,19,21H,2-9H2,1H3;2*1H/t16-;;/m1../s1. The Morgan fingerprint density at radius 1 is 1.21 bits per heavy atom. The highest BCUT2D eigenvalue weighted by molar-refractivity contribution is 9.10. The first-order valence-corrected chi connectivity index (χ1v) is 9.01. The summed E-state index contributed by atoms with van der Waals surface area (Å²) in [5, 5.41) is 14.1. The lowest BCUT2D eigenvalue weighted by Crippen LogP contribution is -2.46. The van der Waals surface area contributed by atoms with Gasteiger partial charge in [0.05, 0.1) is 11.6 Å². The number of benzene rings is 1. The number of piperazine rings is 1. The molecule has 2 N–H and O–H groups in total. The Labute approximate surface area is 165 Å². The van der Waals surface area contributed by atoms with E-state index in [2.05, 4.69) is 26.1 Å². The van der Waals surface area contributed by atoms with Crippen LogP contribution in [0.1, 0.15) is 37.3 Å². The number of hydrogen-bond acceptors (Lipinski definition) is 4. The molecule has 24 heavy (non-hydrogen) atoms. The van der Waals surface area contributed by atoms with Crippen molar-refractivity contribution in [1.82, 2.24) is 10.2 Å². The normalized spacial score (nSPS) is 20.1. The number of phenols is 1. The van der Waals surface area contributed by atoms with E-state index in [1.54, 1.807) is 7.11 Å². The number of methoxy groups -OCH3 is 1. The van der Waals surface area contributed by atoms with Crippen molar-refractivity contribution in [3.05, 3.63) is 22.2 Å². The van der Waals surface area contributed by atoms with Crippen LogP contribution in [0, 0.1) is 5.92 Å². The van der Waals surface area contributed by atoms with Crippen LogP contribution in [0.5, 0.6) is 11.5 Å². The molecular formula is C17H27BrCl2N2O2. The van der Waals surface area contributed by atoms with Gasteiger partial charge in [-0.25, -0.2) is 0 Å². The van der Waals surface area contributed by atoms with Crippen molar-refractivity contribution in [1.29, 1.82) is 0 Å². The Morgan fingerprint density at radius 3 is 2.42 bits per heavy atom. The first-order valence-electron chi connectivity index (χ1n) is 8.22. The van der Waals surface area contributed by atoms with Crippen molar-refractivity contribution in [2.24, 2.45) is 5.92 Å². The molecule has 2 aliphatic rings. The van der Waals surface area contributed by atoms with E-state index in [4.69, 9.17) is 4.74 Å². The van der Waals surface area contributed by atoms with Crippen LogP contribution in [0.4, 0.5) is 0 Å². The van der Waals surface area contributed by atoms with Crippen LogP contribution in [-0.2, 0) is 0 Å². The maximum absolute atomic E-state index is 10.6. The van der Waals surface area contributed by atoms with E-state index in [9.17, 15) is 5.11 Å². The van der Waals surface area contributed by atoms with E-state index in [-0.39, 0.29) is 30.9 Å². The zero-order chi connectivity index (χ0) is 15.5. The van der Waals surface area contributed by atoms with Crippen molar-refractivity contribution in [2.45, 2.75) is 31.7 Å². The van der Waals surface area contributed by atoms with Gasteiger partial charge in [-0.1, -0.05) is 12.8 Å². The van der Waals surface area contributed by atoms with Gasteiger partial charge >= 0.3 is 0 Å². The highest BCUT2D eigenvalue weighted by atomic mass is 79.9. The van der Waals surface area contributed by atoms with E-state index < -0.39 is 0 Å². The van der Waals surface area contributed by atoms with Crippen LogP contribution in [0.15, 0.2) is 16.6 Å². The van der Waals surface area contributed by atoms with Gasteiger partial charge in [-0.2, -0.15) is 0 Å². The summed E-state index contributed by atoms with van der Waals surface area (Å²) in [5.41, 5.74) is 1.01. The summed E-state index contributed by atoms with van der Waals surface area (Å²) in [6.45, 7) is 4.12. The second kappa shape index (κ2) is 10.1. The van der Waals surface area contributed by atoms with Crippen molar-refractivity contribution < 1.29 is 9.84 Å². The molecule has 2 fully saturated rings. The lowest BCUT2D eigenvalue weighted by Gasteiger charge is -2.39. The van der Waals surface area contributed by atoms with Crippen LogP contribution in [0.25, 0.3) is 0 Å². The molecule has 1 saturated heterocycles. The maximum Gasteiger partial charge on any atom is 0.134 e. The van der Waals surface area contributed by atoms with Crippen LogP contribution < -0.4 is 10.1 Å². The molecule has 0 aromatic heterocycles. The minimum absolute atomic E-state index is 0. The van der Waals surface area contributed by atoms with E-state index in [1.165, 1.54) is 25.7 Å². The quantitative estimate of drug-likeness (QED) is 0.736. The average molecular weight is 442 g/mol. The van der Waals surface area contributed by atoms with E-state index in [0.29, 0.717) is 11.7 Å². The predicted octanol–water partition coefficient (Wildman–Crippen LogP) is 4.14. The van der Waals surface area contributed by atoms with E-state index >= 15 is 0 Å². The number of halogens is 3. The highest BCUT2D eigenvalue weighted by Crippen LogP contribution is 2.45. The second-order valence-electron chi connectivity index (χ2n) is 6.32. The SMILES string of the molecule is COc1cc(Br)c(O)c([C@@H](C2CCCC2)N2CCNCC2)c1.Cl.Cl. The summed E-state index contributed by atoms with van der Waals surface area (Å²) in [4.78, 5) is 2.54. The lowest BCUT2D eigenvalue weighted by atomic mass is 9.89. The number of ether oxygens (including phenoxy) is 1. The molecule has 0 amide bonds. The average Bonchev–Trinajstić information content (AvgIpc) is 3.06. The molecule has 1 heterocycles. The third kappa shape index (κ3) is 4.70. The minimum Gasteiger partial charge on any atom is -0.506 e. The molecule has 138 valence electrons. The molecule has 1 atom stereocenters. The van der Waals surface area contributed by atoms with Gasteiger partial charge < -0.3 is 15.2 Å². The fourth-order valence-corrected chi connectivity index (χ4v) is 4.37. The Kier molecular flexibility index (Phi) is 9.17. The maximum atomic E-state index is 10.6. The predicted molar refractivity (Wildman–Crippen MR) is 106 cm³/mol. The minimum atomic E-state index is 0.